The third kappa shape index (κ3) is 3.14. The highest BCUT2D eigenvalue weighted by atomic mass is 32.2. The van der Waals surface area contributed by atoms with E-state index in [1.54, 1.807) is 11.8 Å². The SMILES string of the molecule is CC1CCC(CO)(NC(=O)C2CSCN2)CC1. The molecule has 1 saturated carbocycles. The van der Waals surface area contributed by atoms with Crippen molar-refractivity contribution in [2.24, 2.45) is 5.92 Å². The number of hydrogen-bond donors (Lipinski definition) is 3. The van der Waals surface area contributed by atoms with Gasteiger partial charge in [-0.3, -0.25) is 10.1 Å². The maximum atomic E-state index is 12.1. The van der Waals surface area contributed by atoms with Crippen LogP contribution in [0.1, 0.15) is 32.6 Å². The van der Waals surface area contributed by atoms with Crippen LogP contribution in [0.5, 0.6) is 0 Å². The monoisotopic (exact) mass is 258 g/mol. The van der Waals surface area contributed by atoms with Crippen LogP contribution in [0.15, 0.2) is 0 Å². The molecule has 4 nitrogen and oxygen atoms in total. The molecule has 1 atom stereocenters. The van der Waals surface area contributed by atoms with Crippen LogP contribution in [0.25, 0.3) is 0 Å². The summed E-state index contributed by atoms with van der Waals surface area (Å²) in [5, 5.41) is 15.8. The van der Waals surface area contributed by atoms with E-state index in [0.29, 0.717) is 5.92 Å². The molecule has 98 valence electrons. The molecule has 17 heavy (non-hydrogen) atoms. The van der Waals surface area contributed by atoms with Crippen molar-refractivity contribution in [3.8, 4) is 0 Å². The highest BCUT2D eigenvalue weighted by molar-refractivity contribution is 7.99. The zero-order chi connectivity index (χ0) is 12.3. The smallest absolute Gasteiger partial charge is 0.238 e. The quantitative estimate of drug-likeness (QED) is 0.697. The van der Waals surface area contributed by atoms with E-state index in [4.69, 9.17) is 0 Å². The third-order valence-electron chi connectivity index (χ3n) is 3.96. The van der Waals surface area contributed by atoms with Crippen LogP contribution in [0.4, 0.5) is 0 Å². The summed E-state index contributed by atoms with van der Waals surface area (Å²) in [4.78, 5) is 12.1. The molecule has 1 saturated heterocycles. The van der Waals surface area contributed by atoms with Crippen LogP contribution in [-0.2, 0) is 4.79 Å². The maximum Gasteiger partial charge on any atom is 0.238 e. The lowest BCUT2D eigenvalue weighted by molar-refractivity contribution is -0.125. The van der Waals surface area contributed by atoms with Gasteiger partial charge in [-0.15, -0.1) is 11.8 Å². The van der Waals surface area contributed by atoms with E-state index in [0.717, 1.165) is 37.3 Å². The van der Waals surface area contributed by atoms with Gasteiger partial charge in [-0.2, -0.15) is 0 Å². The van der Waals surface area contributed by atoms with E-state index in [1.807, 2.05) is 0 Å². The minimum atomic E-state index is -0.363. The summed E-state index contributed by atoms with van der Waals surface area (Å²) in [7, 11) is 0. The molecule has 1 amide bonds. The van der Waals surface area contributed by atoms with E-state index in [1.165, 1.54) is 0 Å². The molecule has 2 fully saturated rings. The predicted octanol–water partition coefficient (Wildman–Crippen LogP) is 0.706. The molecule has 3 N–H and O–H groups in total. The van der Waals surface area contributed by atoms with E-state index in [2.05, 4.69) is 17.6 Å². The molecule has 1 aliphatic heterocycles. The molecule has 5 heteroatoms. The zero-order valence-electron chi connectivity index (χ0n) is 10.4. The van der Waals surface area contributed by atoms with Crippen molar-refractivity contribution in [1.29, 1.82) is 0 Å². The molecule has 2 aliphatic rings. The summed E-state index contributed by atoms with van der Waals surface area (Å²) >= 11 is 1.74. The van der Waals surface area contributed by atoms with Crippen LogP contribution in [0.2, 0.25) is 0 Å². The van der Waals surface area contributed by atoms with Crippen molar-refractivity contribution >= 4 is 17.7 Å². The Morgan fingerprint density at radius 1 is 1.53 bits per heavy atom. The van der Waals surface area contributed by atoms with Gasteiger partial charge in [-0.05, 0) is 31.6 Å². The minimum absolute atomic E-state index is 0.0543. The van der Waals surface area contributed by atoms with Gasteiger partial charge >= 0.3 is 0 Å². The number of carbonyl (C=O) groups is 1. The Bertz CT molecular complexity index is 272. The normalized spacial score (nSPS) is 38.0. The third-order valence-corrected chi connectivity index (χ3v) is 4.90. The van der Waals surface area contributed by atoms with Crippen molar-refractivity contribution < 1.29 is 9.90 Å². The summed E-state index contributed by atoms with van der Waals surface area (Å²) in [5.41, 5.74) is -0.363. The number of aliphatic hydroxyl groups is 1. The molecule has 1 heterocycles. The Balaban J connectivity index is 1.92. The van der Waals surface area contributed by atoms with Crippen molar-refractivity contribution in [2.75, 3.05) is 18.2 Å². The lowest BCUT2D eigenvalue weighted by Gasteiger charge is -2.39. The Labute approximate surface area is 107 Å². The molecule has 0 aromatic carbocycles. The first-order valence-corrected chi connectivity index (χ1v) is 7.55. The number of carbonyl (C=O) groups excluding carboxylic acids is 1. The first-order chi connectivity index (χ1) is 8.15. The number of rotatable bonds is 3. The molecule has 0 aromatic heterocycles. The molecule has 1 aliphatic carbocycles. The fourth-order valence-electron chi connectivity index (χ4n) is 2.55. The molecule has 0 spiro atoms. The van der Waals surface area contributed by atoms with Crippen molar-refractivity contribution in [2.45, 2.75) is 44.2 Å². The second-order valence-corrected chi connectivity index (χ2v) is 6.41. The van der Waals surface area contributed by atoms with E-state index in [9.17, 15) is 9.90 Å². The number of nitrogens with one attached hydrogen (secondary N) is 2. The van der Waals surface area contributed by atoms with Crippen molar-refractivity contribution in [3.05, 3.63) is 0 Å². The predicted molar refractivity (Wildman–Crippen MR) is 69.8 cm³/mol. The van der Waals surface area contributed by atoms with E-state index in [-0.39, 0.29) is 24.1 Å². The largest absolute Gasteiger partial charge is 0.394 e. The average molecular weight is 258 g/mol. The van der Waals surface area contributed by atoms with Crippen LogP contribution in [0.3, 0.4) is 0 Å². The van der Waals surface area contributed by atoms with E-state index >= 15 is 0 Å². The zero-order valence-corrected chi connectivity index (χ0v) is 11.2. The Morgan fingerprint density at radius 2 is 2.24 bits per heavy atom. The topological polar surface area (TPSA) is 61.4 Å². The Hall–Kier alpha value is -0.260. The van der Waals surface area contributed by atoms with E-state index < -0.39 is 0 Å². The number of aliphatic hydroxyl groups excluding tert-OH is 1. The van der Waals surface area contributed by atoms with Gasteiger partial charge in [0.2, 0.25) is 5.91 Å². The van der Waals surface area contributed by atoms with Gasteiger partial charge in [0.05, 0.1) is 18.2 Å². The molecule has 0 bridgehead atoms. The summed E-state index contributed by atoms with van der Waals surface area (Å²) in [6.45, 7) is 2.30. The lowest BCUT2D eigenvalue weighted by atomic mass is 9.77. The highest BCUT2D eigenvalue weighted by Gasteiger charge is 2.37. The van der Waals surface area contributed by atoms with Gasteiger partial charge in [0, 0.05) is 11.6 Å². The highest BCUT2D eigenvalue weighted by Crippen LogP contribution is 2.31. The molecule has 0 aromatic rings. The first kappa shape index (κ1) is 13.2. The van der Waals surface area contributed by atoms with Gasteiger partial charge in [-0.1, -0.05) is 6.92 Å². The first-order valence-electron chi connectivity index (χ1n) is 6.39. The Kier molecular flexibility index (Phi) is 4.33. The maximum absolute atomic E-state index is 12.1. The fourth-order valence-corrected chi connectivity index (χ4v) is 3.49. The fraction of sp³-hybridized carbons (Fsp3) is 0.917. The Morgan fingerprint density at radius 3 is 2.76 bits per heavy atom. The van der Waals surface area contributed by atoms with Crippen molar-refractivity contribution in [1.82, 2.24) is 10.6 Å². The van der Waals surface area contributed by atoms with Gasteiger partial charge in [0.25, 0.3) is 0 Å². The second kappa shape index (κ2) is 5.59. The van der Waals surface area contributed by atoms with Gasteiger partial charge < -0.3 is 10.4 Å². The molecule has 2 rings (SSSR count). The van der Waals surface area contributed by atoms with Gasteiger partial charge in [-0.25, -0.2) is 0 Å². The van der Waals surface area contributed by atoms with Crippen LogP contribution < -0.4 is 10.6 Å². The number of amides is 1. The summed E-state index contributed by atoms with van der Waals surface area (Å²) in [5.74, 6) is 2.45. The number of thioether (sulfide) groups is 1. The summed E-state index contributed by atoms with van der Waals surface area (Å²) in [6.07, 6.45) is 3.98. The lowest BCUT2D eigenvalue weighted by Crippen LogP contribution is -2.57. The average Bonchev–Trinajstić information content (AvgIpc) is 2.86. The van der Waals surface area contributed by atoms with Gasteiger partial charge in [0.15, 0.2) is 0 Å². The summed E-state index contributed by atoms with van der Waals surface area (Å²) < 4.78 is 0. The van der Waals surface area contributed by atoms with Crippen LogP contribution in [0, 0.1) is 5.92 Å². The second-order valence-electron chi connectivity index (χ2n) is 5.38. The molecular weight excluding hydrogens is 236 g/mol. The minimum Gasteiger partial charge on any atom is -0.394 e. The molecule has 0 radical (unpaired) electrons. The van der Waals surface area contributed by atoms with Crippen LogP contribution >= 0.6 is 11.8 Å². The standard InChI is InChI=1S/C12H22N2O2S/c1-9-2-4-12(7-15,5-3-9)14-11(16)10-6-17-8-13-10/h9-10,13,15H,2-8H2,1H3,(H,14,16). The van der Waals surface area contributed by atoms with Crippen LogP contribution in [-0.4, -0.2) is 40.8 Å². The molecular formula is C12H22N2O2S. The van der Waals surface area contributed by atoms with Gasteiger partial charge in [0.1, 0.15) is 0 Å². The molecule has 1 unspecified atom stereocenters. The summed E-state index contributed by atoms with van der Waals surface area (Å²) in [6, 6.07) is -0.0808. The number of hydrogen-bond acceptors (Lipinski definition) is 4. The van der Waals surface area contributed by atoms with Crippen molar-refractivity contribution in [3.63, 3.8) is 0 Å².